The number of amides is 1. The number of rotatable bonds is 3. The molecule has 20 heavy (non-hydrogen) atoms. The van der Waals surface area contributed by atoms with Crippen LogP contribution in [0.2, 0.25) is 0 Å². The molecule has 0 aromatic carbocycles. The van der Waals surface area contributed by atoms with Gasteiger partial charge in [0.2, 0.25) is 5.91 Å². The highest BCUT2D eigenvalue weighted by Crippen LogP contribution is 2.13. The molecule has 1 unspecified atom stereocenters. The summed E-state index contributed by atoms with van der Waals surface area (Å²) >= 11 is 0. The van der Waals surface area contributed by atoms with E-state index in [1.807, 2.05) is 13.0 Å². The summed E-state index contributed by atoms with van der Waals surface area (Å²) in [6, 6.07) is 1.36. The second-order valence-electron chi connectivity index (χ2n) is 4.56. The predicted molar refractivity (Wildman–Crippen MR) is 72.9 cm³/mol. The summed E-state index contributed by atoms with van der Waals surface area (Å²) in [5, 5.41) is 10.5. The van der Waals surface area contributed by atoms with Gasteiger partial charge in [-0.25, -0.2) is 0 Å². The lowest BCUT2D eigenvalue weighted by molar-refractivity contribution is -0.119. The molecule has 2 rings (SSSR count). The summed E-state index contributed by atoms with van der Waals surface area (Å²) in [4.78, 5) is 29.7. The molecule has 0 bridgehead atoms. The highest BCUT2D eigenvalue weighted by atomic mass is 16.1. The number of H-pyrrole nitrogens is 1. The second kappa shape index (κ2) is 5.60. The number of carbonyl (C=O) groups excluding carboxylic acids is 1. The third kappa shape index (κ3) is 3.05. The monoisotopic (exact) mass is 273 g/mol. The van der Waals surface area contributed by atoms with Gasteiger partial charge >= 0.3 is 0 Å². The van der Waals surface area contributed by atoms with E-state index in [0.717, 1.165) is 5.56 Å². The van der Waals surface area contributed by atoms with Crippen LogP contribution in [0, 0.1) is 6.92 Å². The molecule has 1 amide bonds. The maximum atomic E-state index is 12.0. The Morgan fingerprint density at radius 3 is 2.70 bits per heavy atom. The van der Waals surface area contributed by atoms with Crippen LogP contribution in [0.15, 0.2) is 23.3 Å². The Balaban J connectivity index is 2.35. The number of carbonyl (C=O) groups is 1. The van der Waals surface area contributed by atoms with Gasteiger partial charge in [-0.3, -0.25) is 14.6 Å². The first-order valence-corrected chi connectivity index (χ1v) is 6.13. The first kappa shape index (κ1) is 13.9. The molecular formula is C13H15N5O2. The molecule has 2 heterocycles. The van der Waals surface area contributed by atoms with Crippen molar-refractivity contribution in [3.63, 3.8) is 0 Å². The third-order valence-corrected chi connectivity index (χ3v) is 2.70. The van der Waals surface area contributed by atoms with Gasteiger partial charge in [-0.1, -0.05) is 0 Å². The van der Waals surface area contributed by atoms with E-state index >= 15 is 0 Å². The van der Waals surface area contributed by atoms with Crippen LogP contribution in [0.1, 0.15) is 31.1 Å². The van der Waals surface area contributed by atoms with Crippen molar-refractivity contribution in [1.29, 1.82) is 0 Å². The van der Waals surface area contributed by atoms with Gasteiger partial charge in [0.05, 0.1) is 6.04 Å². The Kier molecular flexibility index (Phi) is 3.88. The van der Waals surface area contributed by atoms with E-state index < -0.39 is 6.04 Å². The van der Waals surface area contributed by atoms with Gasteiger partial charge in [-0.2, -0.15) is 0 Å². The average Bonchev–Trinajstić information content (AvgIpc) is 2.37. The highest BCUT2D eigenvalue weighted by Gasteiger charge is 2.14. The number of aromatic nitrogens is 4. The molecular weight excluding hydrogens is 258 g/mol. The van der Waals surface area contributed by atoms with Crippen molar-refractivity contribution in [2.24, 2.45) is 0 Å². The van der Waals surface area contributed by atoms with Gasteiger partial charge in [-0.05, 0) is 25.5 Å². The predicted octanol–water partition coefficient (Wildman–Crippen LogP) is 0.732. The summed E-state index contributed by atoms with van der Waals surface area (Å²) in [6.45, 7) is 4.95. The van der Waals surface area contributed by atoms with Crippen molar-refractivity contribution in [2.45, 2.75) is 26.8 Å². The van der Waals surface area contributed by atoms with E-state index in [-0.39, 0.29) is 17.2 Å². The molecule has 7 nitrogen and oxygen atoms in total. The second-order valence-corrected chi connectivity index (χ2v) is 4.56. The van der Waals surface area contributed by atoms with Crippen molar-refractivity contribution in [1.82, 2.24) is 25.5 Å². The number of hydrogen-bond acceptors (Lipinski definition) is 5. The normalized spacial score (nSPS) is 11.9. The summed E-state index contributed by atoms with van der Waals surface area (Å²) in [6.07, 6.45) is 3.31. The van der Waals surface area contributed by atoms with Crippen LogP contribution in [-0.4, -0.2) is 26.1 Å². The van der Waals surface area contributed by atoms with Crippen LogP contribution in [0.4, 0.5) is 0 Å². The van der Waals surface area contributed by atoms with Crippen molar-refractivity contribution in [3.05, 3.63) is 40.1 Å². The number of nitrogens with one attached hydrogen (secondary N) is 2. The van der Waals surface area contributed by atoms with E-state index in [9.17, 15) is 9.59 Å². The van der Waals surface area contributed by atoms with Crippen molar-refractivity contribution < 1.29 is 4.79 Å². The number of aryl methyl sites for hydroxylation is 1. The molecule has 0 radical (unpaired) electrons. The molecule has 2 aromatic rings. The number of nitrogens with zero attached hydrogens (tertiary/aromatic N) is 3. The molecule has 0 saturated carbocycles. The van der Waals surface area contributed by atoms with Gasteiger partial charge in [0.15, 0.2) is 11.5 Å². The smallest absolute Gasteiger partial charge is 0.275 e. The number of aromatic amines is 1. The number of pyridine rings is 1. The molecule has 0 aliphatic heterocycles. The first-order chi connectivity index (χ1) is 9.47. The van der Waals surface area contributed by atoms with Crippen LogP contribution >= 0.6 is 0 Å². The van der Waals surface area contributed by atoms with Gasteiger partial charge in [-0.15, -0.1) is 10.2 Å². The molecule has 1 atom stereocenters. The Morgan fingerprint density at radius 2 is 2.10 bits per heavy atom. The van der Waals surface area contributed by atoms with Gasteiger partial charge in [0.1, 0.15) is 0 Å². The Bertz CT molecular complexity index is 695. The van der Waals surface area contributed by atoms with Gasteiger partial charge in [0, 0.05) is 24.9 Å². The van der Waals surface area contributed by atoms with Crippen LogP contribution in [0.3, 0.4) is 0 Å². The number of hydrogen-bond donors (Lipinski definition) is 2. The summed E-state index contributed by atoms with van der Waals surface area (Å²) in [5.74, 6) is 0.121. The van der Waals surface area contributed by atoms with Crippen LogP contribution < -0.4 is 10.9 Å². The van der Waals surface area contributed by atoms with Crippen molar-refractivity contribution >= 4 is 5.91 Å². The highest BCUT2D eigenvalue weighted by molar-refractivity contribution is 5.73. The quantitative estimate of drug-likeness (QED) is 0.858. The Morgan fingerprint density at radius 1 is 1.35 bits per heavy atom. The fraction of sp³-hybridized carbons (Fsp3) is 0.308. The zero-order valence-electron chi connectivity index (χ0n) is 11.5. The first-order valence-electron chi connectivity index (χ1n) is 6.13. The van der Waals surface area contributed by atoms with E-state index in [2.05, 4.69) is 25.5 Å². The average molecular weight is 273 g/mol. The maximum absolute atomic E-state index is 12.0. The summed E-state index contributed by atoms with van der Waals surface area (Å²) in [5.41, 5.74) is 1.44. The molecule has 104 valence electrons. The molecule has 0 aliphatic rings. The van der Waals surface area contributed by atoms with E-state index in [4.69, 9.17) is 0 Å². The lowest BCUT2D eigenvalue weighted by Gasteiger charge is -2.10. The maximum Gasteiger partial charge on any atom is 0.275 e. The van der Waals surface area contributed by atoms with E-state index in [1.165, 1.54) is 6.92 Å². The minimum Gasteiger partial charge on any atom is -0.348 e. The van der Waals surface area contributed by atoms with Gasteiger partial charge in [0.25, 0.3) is 5.56 Å². The summed E-state index contributed by atoms with van der Waals surface area (Å²) in [7, 11) is 0. The molecule has 0 spiro atoms. The summed E-state index contributed by atoms with van der Waals surface area (Å²) < 4.78 is 0. The largest absolute Gasteiger partial charge is 0.348 e. The van der Waals surface area contributed by atoms with Crippen LogP contribution in [0.25, 0.3) is 11.4 Å². The lowest BCUT2D eigenvalue weighted by Crippen LogP contribution is -2.30. The Hall–Kier alpha value is -2.57. The standard InChI is InChI=1S/C13H15N5O2/c1-7-4-10(6-14-5-7)12-16-13(20)11(17-18-12)8(2)15-9(3)19/h4-6,8H,1-3H3,(H,15,19)(H,16,18,20). The van der Waals surface area contributed by atoms with Crippen molar-refractivity contribution in [3.8, 4) is 11.4 Å². The topological polar surface area (TPSA) is 101 Å². The van der Waals surface area contributed by atoms with Crippen LogP contribution in [-0.2, 0) is 4.79 Å². The Labute approximate surface area is 115 Å². The zero-order chi connectivity index (χ0) is 14.7. The third-order valence-electron chi connectivity index (χ3n) is 2.70. The lowest BCUT2D eigenvalue weighted by atomic mass is 10.2. The van der Waals surface area contributed by atoms with E-state index in [0.29, 0.717) is 11.4 Å². The van der Waals surface area contributed by atoms with Crippen LogP contribution in [0.5, 0.6) is 0 Å². The minimum atomic E-state index is -0.492. The SMILES string of the molecule is CC(=O)NC(C)c1nnc(-c2cncc(C)c2)[nH]c1=O. The molecule has 2 N–H and O–H groups in total. The van der Waals surface area contributed by atoms with E-state index in [1.54, 1.807) is 19.3 Å². The molecule has 0 fully saturated rings. The zero-order valence-corrected chi connectivity index (χ0v) is 11.5. The van der Waals surface area contributed by atoms with Crippen molar-refractivity contribution in [2.75, 3.05) is 0 Å². The molecule has 0 aliphatic carbocycles. The molecule has 2 aromatic heterocycles. The minimum absolute atomic E-state index is 0.171. The fourth-order valence-corrected chi connectivity index (χ4v) is 1.82. The molecule has 7 heteroatoms. The van der Waals surface area contributed by atoms with Gasteiger partial charge < -0.3 is 10.3 Å². The molecule has 0 saturated heterocycles. The fourth-order valence-electron chi connectivity index (χ4n) is 1.82.